The van der Waals surface area contributed by atoms with Crippen molar-refractivity contribution in [2.24, 2.45) is 0 Å². The first kappa shape index (κ1) is 17.9. The van der Waals surface area contributed by atoms with Gasteiger partial charge in [-0.25, -0.2) is 0 Å². The Morgan fingerprint density at radius 3 is 2.52 bits per heavy atom. The minimum Gasteiger partial charge on any atom is -0.497 e. The number of ketones is 1. The van der Waals surface area contributed by atoms with E-state index in [1.807, 2.05) is 4.90 Å². The van der Waals surface area contributed by atoms with Gasteiger partial charge in [0.15, 0.2) is 5.78 Å². The Morgan fingerprint density at radius 2 is 1.85 bits per heavy atom. The van der Waals surface area contributed by atoms with Gasteiger partial charge in [-0.2, -0.15) is 0 Å². The van der Waals surface area contributed by atoms with Gasteiger partial charge in [0.25, 0.3) is 5.91 Å². The average Bonchev–Trinajstić information content (AvgIpc) is 2.68. The van der Waals surface area contributed by atoms with Crippen LogP contribution in [-0.4, -0.2) is 42.4 Å². The molecule has 1 spiro atoms. The number of carbonyl (C=O) groups is 2. The van der Waals surface area contributed by atoms with Gasteiger partial charge in [-0.05, 0) is 36.4 Å². The molecule has 2 aliphatic heterocycles. The predicted molar refractivity (Wildman–Crippen MR) is 102 cm³/mol. The van der Waals surface area contributed by atoms with Crippen molar-refractivity contribution >= 4 is 23.3 Å². The number of methoxy groups -OCH3 is 1. The van der Waals surface area contributed by atoms with Gasteiger partial charge in [0.2, 0.25) is 0 Å². The summed E-state index contributed by atoms with van der Waals surface area (Å²) in [4.78, 5) is 27.1. The van der Waals surface area contributed by atoms with Gasteiger partial charge in [0, 0.05) is 42.6 Å². The molecule has 2 aromatic rings. The normalized spacial score (nSPS) is 18.0. The molecule has 0 bridgehead atoms. The van der Waals surface area contributed by atoms with Crippen LogP contribution in [0.3, 0.4) is 0 Å². The zero-order valence-corrected chi connectivity index (χ0v) is 15.8. The number of likely N-dealkylation sites (tertiary alicyclic amines) is 1. The fourth-order valence-corrected chi connectivity index (χ4v) is 3.90. The number of halogens is 1. The fraction of sp³-hybridized carbons (Fsp3) is 0.333. The molecule has 0 aliphatic carbocycles. The summed E-state index contributed by atoms with van der Waals surface area (Å²) in [7, 11) is 1.59. The molecule has 140 valence electrons. The van der Waals surface area contributed by atoms with E-state index in [0.29, 0.717) is 60.0 Å². The minimum absolute atomic E-state index is 0.0225. The first-order chi connectivity index (χ1) is 13.0. The lowest BCUT2D eigenvalue weighted by molar-refractivity contribution is -0.00580. The summed E-state index contributed by atoms with van der Waals surface area (Å²) in [5.74, 6) is 1.29. The van der Waals surface area contributed by atoms with Gasteiger partial charge < -0.3 is 14.4 Å². The van der Waals surface area contributed by atoms with E-state index in [4.69, 9.17) is 21.1 Å². The number of benzene rings is 2. The summed E-state index contributed by atoms with van der Waals surface area (Å²) in [5.41, 5.74) is 0.667. The Morgan fingerprint density at radius 1 is 1.15 bits per heavy atom. The van der Waals surface area contributed by atoms with E-state index in [1.54, 1.807) is 49.6 Å². The summed E-state index contributed by atoms with van der Waals surface area (Å²) < 4.78 is 11.5. The average molecular weight is 386 g/mol. The number of Topliss-reactive ketones (excluding diaryl/α,β-unsaturated/α-hetero) is 1. The molecular formula is C21H20ClNO4. The largest absolute Gasteiger partial charge is 0.497 e. The van der Waals surface area contributed by atoms with Crippen molar-refractivity contribution in [2.75, 3.05) is 20.2 Å². The topological polar surface area (TPSA) is 55.8 Å². The Labute approximate surface area is 162 Å². The zero-order valence-electron chi connectivity index (χ0n) is 15.0. The van der Waals surface area contributed by atoms with Crippen LogP contribution < -0.4 is 9.47 Å². The SMILES string of the molecule is COc1ccc2c(c1)OC1(CCN(C(=O)c3ccc(Cl)cc3)CC1)CC2=O. The molecule has 1 fully saturated rings. The summed E-state index contributed by atoms with van der Waals surface area (Å²) in [6.45, 7) is 1.10. The van der Waals surface area contributed by atoms with E-state index in [0.717, 1.165) is 0 Å². The Kier molecular flexibility index (Phi) is 4.56. The third-order valence-corrected chi connectivity index (χ3v) is 5.60. The van der Waals surface area contributed by atoms with Gasteiger partial charge in [0.05, 0.1) is 19.1 Å². The molecule has 5 nitrogen and oxygen atoms in total. The van der Waals surface area contributed by atoms with Crippen LogP contribution in [-0.2, 0) is 0 Å². The number of nitrogens with zero attached hydrogens (tertiary/aromatic N) is 1. The van der Waals surface area contributed by atoms with Crippen LogP contribution >= 0.6 is 11.6 Å². The zero-order chi connectivity index (χ0) is 19.0. The molecule has 2 aromatic carbocycles. The maximum Gasteiger partial charge on any atom is 0.253 e. The summed E-state index contributed by atoms with van der Waals surface area (Å²) >= 11 is 5.89. The van der Waals surface area contributed by atoms with Crippen molar-refractivity contribution in [1.29, 1.82) is 0 Å². The molecule has 27 heavy (non-hydrogen) atoms. The number of piperidine rings is 1. The lowest BCUT2D eigenvalue weighted by Gasteiger charge is -2.44. The quantitative estimate of drug-likeness (QED) is 0.784. The summed E-state index contributed by atoms with van der Waals surface area (Å²) in [5, 5.41) is 0.604. The molecule has 6 heteroatoms. The highest BCUT2D eigenvalue weighted by Crippen LogP contribution is 2.40. The number of carbonyl (C=O) groups excluding carboxylic acids is 2. The van der Waals surface area contributed by atoms with Gasteiger partial charge in [0.1, 0.15) is 17.1 Å². The maximum atomic E-state index is 12.7. The first-order valence-electron chi connectivity index (χ1n) is 8.95. The van der Waals surface area contributed by atoms with Crippen molar-refractivity contribution in [1.82, 2.24) is 4.90 Å². The van der Waals surface area contributed by atoms with Crippen LogP contribution in [0.2, 0.25) is 5.02 Å². The number of fused-ring (bicyclic) bond motifs is 1. The van der Waals surface area contributed by atoms with Crippen molar-refractivity contribution in [2.45, 2.75) is 24.9 Å². The molecule has 1 amide bonds. The molecule has 2 heterocycles. The fourth-order valence-electron chi connectivity index (χ4n) is 3.77. The molecule has 0 radical (unpaired) electrons. The van der Waals surface area contributed by atoms with E-state index in [1.165, 1.54) is 0 Å². The lowest BCUT2D eigenvalue weighted by Crippen LogP contribution is -2.52. The van der Waals surface area contributed by atoms with Crippen LogP contribution in [0.5, 0.6) is 11.5 Å². The first-order valence-corrected chi connectivity index (χ1v) is 9.33. The molecule has 0 unspecified atom stereocenters. The second-order valence-corrected chi connectivity index (χ2v) is 7.48. The molecule has 0 aromatic heterocycles. The van der Waals surface area contributed by atoms with Crippen molar-refractivity contribution in [3.05, 3.63) is 58.6 Å². The van der Waals surface area contributed by atoms with E-state index in [2.05, 4.69) is 0 Å². The molecule has 2 aliphatic rings. The van der Waals surface area contributed by atoms with Crippen LogP contribution in [0, 0.1) is 0 Å². The highest BCUT2D eigenvalue weighted by molar-refractivity contribution is 6.30. The highest BCUT2D eigenvalue weighted by atomic mass is 35.5. The third kappa shape index (κ3) is 3.39. The smallest absolute Gasteiger partial charge is 0.253 e. The maximum absolute atomic E-state index is 12.7. The second kappa shape index (κ2) is 6.89. The minimum atomic E-state index is -0.548. The van der Waals surface area contributed by atoms with Crippen molar-refractivity contribution in [3.8, 4) is 11.5 Å². The standard InChI is InChI=1S/C21H20ClNO4/c1-26-16-6-7-17-18(24)13-21(27-19(17)12-16)8-10-23(11-9-21)20(25)14-2-4-15(22)5-3-14/h2-7,12H,8-11,13H2,1H3. The van der Waals surface area contributed by atoms with E-state index >= 15 is 0 Å². The number of amides is 1. The molecule has 0 atom stereocenters. The van der Waals surface area contributed by atoms with Crippen molar-refractivity contribution in [3.63, 3.8) is 0 Å². The monoisotopic (exact) mass is 385 g/mol. The summed E-state index contributed by atoms with van der Waals surface area (Å²) in [6, 6.07) is 12.2. The van der Waals surface area contributed by atoms with E-state index in [-0.39, 0.29) is 11.7 Å². The summed E-state index contributed by atoms with van der Waals surface area (Å²) in [6.07, 6.45) is 1.58. The van der Waals surface area contributed by atoms with Crippen LogP contribution in [0.15, 0.2) is 42.5 Å². The Bertz CT molecular complexity index is 886. The van der Waals surface area contributed by atoms with Crippen LogP contribution in [0.25, 0.3) is 0 Å². The van der Waals surface area contributed by atoms with Crippen LogP contribution in [0.1, 0.15) is 40.0 Å². The van der Waals surface area contributed by atoms with E-state index < -0.39 is 5.60 Å². The van der Waals surface area contributed by atoms with Crippen LogP contribution in [0.4, 0.5) is 0 Å². The lowest BCUT2D eigenvalue weighted by atomic mass is 9.82. The predicted octanol–water partition coefficient (Wildman–Crippen LogP) is 3.99. The second-order valence-electron chi connectivity index (χ2n) is 7.05. The molecule has 0 saturated carbocycles. The van der Waals surface area contributed by atoms with Gasteiger partial charge >= 0.3 is 0 Å². The number of ether oxygens (including phenoxy) is 2. The Hall–Kier alpha value is -2.53. The number of rotatable bonds is 2. The van der Waals surface area contributed by atoms with Gasteiger partial charge in [-0.15, -0.1) is 0 Å². The number of hydrogen-bond donors (Lipinski definition) is 0. The Balaban J connectivity index is 1.49. The number of hydrogen-bond acceptors (Lipinski definition) is 4. The molecule has 0 N–H and O–H groups in total. The molecule has 4 rings (SSSR count). The third-order valence-electron chi connectivity index (χ3n) is 5.35. The van der Waals surface area contributed by atoms with Gasteiger partial charge in [-0.1, -0.05) is 11.6 Å². The van der Waals surface area contributed by atoms with Gasteiger partial charge in [-0.3, -0.25) is 9.59 Å². The van der Waals surface area contributed by atoms with Crippen molar-refractivity contribution < 1.29 is 19.1 Å². The molecule has 1 saturated heterocycles. The van der Waals surface area contributed by atoms with E-state index in [9.17, 15) is 9.59 Å². The molecular weight excluding hydrogens is 366 g/mol. The highest BCUT2D eigenvalue weighted by Gasteiger charge is 2.43.